The Bertz CT molecular complexity index is 248. The van der Waals surface area contributed by atoms with Crippen LogP contribution in [0.5, 0.6) is 0 Å². The first-order valence-corrected chi connectivity index (χ1v) is 4.41. The lowest BCUT2D eigenvalue weighted by molar-refractivity contribution is 0.298. The number of halogens is 2. The van der Waals surface area contributed by atoms with Gasteiger partial charge in [0.15, 0.2) is 5.83 Å². The van der Waals surface area contributed by atoms with E-state index in [1.165, 1.54) is 13.2 Å². The molecule has 0 unspecified atom stereocenters. The molecule has 0 spiro atoms. The Hall–Kier alpha value is -0.750. The smallest absolute Gasteiger partial charge is 0.205 e. The summed E-state index contributed by atoms with van der Waals surface area (Å²) in [5, 5.41) is 0.613. The van der Waals surface area contributed by atoms with Crippen LogP contribution in [0.3, 0.4) is 0 Å². The van der Waals surface area contributed by atoms with E-state index < -0.39 is 5.83 Å². The molecule has 0 saturated heterocycles. The van der Waals surface area contributed by atoms with Crippen molar-refractivity contribution in [1.29, 1.82) is 0 Å². The lowest BCUT2D eigenvalue weighted by atomic mass is 10.3. The quantitative estimate of drug-likeness (QED) is 0.315. The molecule has 0 N–H and O–H groups in total. The van der Waals surface area contributed by atoms with Crippen LogP contribution in [0.4, 0.5) is 4.39 Å². The molecule has 3 heteroatoms. The van der Waals surface area contributed by atoms with Crippen LogP contribution in [0.25, 0.3) is 0 Å². The molecule has 0 aromatic carbocycles. The molecule has 0 amide bonds. The van der Waals surface area contributed by atoms with E-state index in [2.05, 4.69) is 26.6 Å². The topological polar surface area (TPSA) is 9.23 Å². The molecule has 0 aliphatic rings. The average Bonchev–Trinajstić information content (AvgIpc) is 2.06. The standard InChI is InChI=1S/C9H10BrFO/c1-4-9(12-3)8(11)5-7(2)6-10/h1,5H,6H2,2-3H3/b7-5+,9-8-. The Morgan fingerprint density at radius 3 is 2.67 bits per heavy atom. The number of hydrogen-bond acceptors (Lipinski definition) is 1. The van der Waals surface area contributed by atoms with E-state index >= 15 is 0 Å². The van der Waals surface area contributed by atoms with Crippen molar-refractivity contribution >= 4 is 15.9 Å². The van der Waals surface area contributed by atoms with Gasteiger partial charge in [0.2, 0.25) is 5.76 Å². The third kappa shape index (κ3) is 3.59. The molecule has 1 nitrogen and oxygen atoms in total. The van der Waals surface area contributed by atoms with Gasteiger partial charge in [-0.05, 0) is 18.9 Å². The maximum absolute atomic E-state index is 13.0. The van der Waals surface area contributed by atoms with Crippen molar-refractivity contribution in [3.63, 3.8) is 0 Å². The first kappa shape index (κ1) is 11.2. The number of methoxy groups -OCH3 is 1. The molecule has 0 atom stereocenters. The van der Waals surface area contributed by atoms with E-state index in [1.807, 2.05) is 0 Å². The van der Waals surface area contributed by atoms with Gasteiger partial charge in [-0.1, -0.05) is 21.5 Å². The Labute approximate surface area is 80.4 Å². The number of alkyl halides is 1. The van der Waals surface area contributed by atoms with E-state index in [4.69, 9.17) is 6.42 Å². The van der Waals surface area contributed by atoms with E-state index in [0.717, 1.165) is 5.57 Å². The summed E-state index contributed by atoms with van der Waals surface area (Å²) in [6, 6.07) is 0. The van der Waals surface area contributed by atoms with Gasteiger partial charge in [-0.2, -0.15) is 0 Å². The first-order valence-electron chi connectivity index (χ1n) is 3.29. The van der Waals surface area contributed by atoms with Crippen molar-refractivity contribution in [1.82, 2.24) is 0 Å². The highest BCUT2D eigenvalue weighted by Crippen LogP contribution is 2.11. The summed E-state index contributed by atoms with van der Waals surface area (Å²) >= 11 is 3.19. The maximum Gasteiger partial charge on any atom is 0.205 e. The minimum absolute atomic E-state index is 0.0738. The Kier molecular flexibility index (Phi) is 5.48. The van der Waals surface area contributed by atoms with Gasteiger partial charge >= 0.3 is 0 Å². The second-order valence-corrected chi connectivity index (χ2v) is 2.71. The number of rotatable bonds is 3. The normalized spacial score (nSPS) is 13.4. The fraction of sp³-hybridized carbons (Fsp3) is 0.333. The minimum Gasteiger partial charge on any atom is -0.486 e. The lowest BCUT2D eigenvalue weighted by Gasteiger charge is -1.98. The van der Waals surface area contributed by atoms with Gasteiger partial charge in [0.05, 0.1) is 7.11 Å². The van der Waals surface area contributed by atoms with E-state index in [-0.39, 0.29) is 5.76 Å². The number of ether oxygens (including phenoxy) is 1. The molecule has 0 aliphatic heterocycles. The van der Waals surface area contributed by atoms with E-state index in [1.54, 1.807) is 6.92 Å². The van der Waals surface area contributed by atoms with Crippen LogP contribution in [0.1, 0.15) is 6.92 Å². The summed E-state index contributed by atoms with van der Waals surface area (Å²) < 4.78 is 17.6. The summed E-state index contributed by atoms with van der Waals surface area (Å²) in [6.45, 7) is 1.79. The summed E-state index contributed by atoms with van der Waals surface area (Å²) in [5.41, 5.74) is 0.845. The molecular formula is C9H10BrFO. The van der Waals surface area contributed by atoms with Gasteiger partial charge in [0.25, 0.3) is 0 Å². The van der Waals surface area contributed by atoms with Crippen molar-refractivity contribution in [2.24, 2.45) is 0 Å². The summed E-state index contributed by atoms with van der Waals surface area (Å²) in [7, 11) is 1.34. The monoisotopic (exact) mass is 232 g/mol. The third-order valence-electron chi connectivity index (χ3n) is 1.14. The zero-order chi connectivity index (χ0) is 9.56. The molecule has 0 heterocycles. The van der Waals surface area contributed by atoms with Crippen LogP contribution >= 0.6 is 15.9 Å². The van der Waals surface area contributed by atoms with Crippen molar-refractivity contribution < 1.29 is 9.13 Å². The third-order valence-corrected chi connectivity index (χ3v) is 2.02. The van der Waals surface area contributed by atoms with Gasteiger partial charge in [-0.15, -0.1) is 6.42 Å². The van der Waals surface area contributed by atoms with Gasteiger partial charge in [0, 0.05) is 5.33 Å². The number of terminal acetylenes is 1. The van der Waals surface area contributed by atoms with Crippen molar-refractivity contribution in [3.05, 3.63) is 23.2 Å². The molecule has 0 aromatic rings. The molecule has 0 aromatic heterocycles. The van der Waals surface area contributed by atoms with Gasteiger partial charge < -0.3 is 4.74 Å². The summed E-state index contributed by atoms with van der Waals surface area (Å²) in [4.78, 5) is 0. The minimum atomic E-state index is -0.517. The largest absolute Gasteiger partial charge is 0.486 e. The maximum atomic E-state index is 13.0. The number of allylic oxidation sites excluding steroid dienone is 4. The molecular weight excluding hydrogens is 223 g/mol. The van der Waals surface area contributed by atoms with Crippen LogP contribution in [-0.4, -0.2) is 12.4 Å². The molecule has 0 saturated carbocycles. The highest BCUT2D eigenvalue weighted by atomic mass is 79.9. The fourth-order valence-corrected chi connectivity index (χ4v) is 0.708. The Balaban J connectivity index is 4.68. The molecule has 0 aliphatic carbocycles. The SMILES string of the molecule is C#C/C(OC)=C(F)\C=C(/C)CBr. The molecule has 12 heavy (non-hydrogen) atoms. The highest BCUT2D eigenvalue weighted by molar-refractivity contribution is 9.09. The lowest BCUT2D eigenvalue weighted by Crippen LogP contribution is -1.86. The number of hydrogen-bond donors (Lipinski definition) is 0. The Morgan fingerprint density at radius 1 is 1.75 bits per heavy atom. The molecule has 0 fully saturated rings. The van der Waals surface area contributed by atoms with Gasteiger partial charge in [0.1, 0.15) is 0 Å². The molecule has 0 rings (SSSR count). The second kappa shape index (κ2) is 5.84. The van der Waals surface area contributed by atoms with E-state index in [9.17, 15) is 4.39 Å². The van der Waals surface area contributed by atoms with Crippen molar-refractivity contribution in [2.75, 3.05) is 12.4 Å². The van der Waals surface area contributed by atoms with Crippen molar-refractivity contribution in [2.45, 2.75) is 6.92 Å². The van der Waals surface area contributed by atoms with Crippen LogP contribution in [0, 0.1) is 12.3 Å². The highest BCUT2D eigenvalue weighted by Gasteiger charge is 2.00. The first-order chi connectivity index (χ1) is 5.65. The van der Waals surface area contributed by atoms with Gasteiger partial charge in [-0.3, -0.25) is 0 Å². The van der Waals surface area contributed by atoms with Gasteiger partial charge in [-0.25, -0.2) is 4.39 Å². The predicted molar refractivity (Wildman–Crippen MR) is 51.5 cm³/mol. The predicted octanol–water partition coefficient (Wildman–Crippen LogP) is 2.79. The fourth-order valence-electron chi connectivity index (χ4n) is 0.546. The van der Waals surface area contributed by atoms with Crippen molar-refractivity contribution in [3.8, 4) is 12.3 Å². The Morgan fingerprint density at radius 2 is 2.33 bits per heavy atom. The molecule has 66 valence electrons. The van der Waals surface area contributed by atoms with E-state index in [0.29, 0.717) is 5.33 Å². The zero-order valence-corrected chi connectivity index (χ0v) is 8.61. The summed E-state index contributed by atoms with van der Waals surface area (Å²) in [5.74, 6) is 1.51. The van der Waals surface area contributed by atoms with Crippen LogP contribution in [-0.2, 0) is 4.74 Å². The average molecular weight is 233 g/mol. The zero-order valence-electron chi connectivity index (χ0n) is 7.03. The second-order valence-electron chi connectivity index (χ2n) is 2.15. The van der Waals surface area contributed by atoms with Crippen LogP contribution < -0.4 is 0 Å². The van der Waals surface area contributed by atoms with Crippen LogP contribution in [0.2, 0.25) is 0 Å². The molecule has 0 bridgehead atoms. The van der Waals surface area contributed by atoms with Crippen LogP contribution in [0.15, 0.2) is 23.2 Å². The molecule has 0 radical (unpaired) electrons. The summed E-state index contributed by atoms with van der Waals surface area (Å²) in [6.07, 6.45) is 6.33.